The van der Waals surface area contributed by atoms with Crippen molar-refractivity contribution in [1.82, 2.24) is 4.98 Å². The van der Waals surface area contributed by atoms with E-state index < -0.39 is 29.5 Å². The van der Waals surface area contributed by atoms with Gasteiger partial charge in [0.2, 0.25) is 0 Å². The number of rotatable bonds is 9. The summed E-state index contributed by atoms with van der Waals surface area (Å²) in [6.45, 7) is 1.96. The van der Waals surface area contributed by atoms with Gasteiger partial charge in [-0.25, -0.2) is 9.78 Å². The van der Waals surface area contributed by atoms with Crippen LogP contribution >= 0.6 is 11.3 Å². The molecule has 4 aromatic rings. The van der Waals surface area contributed by atoms with Gasteiger partial charge < -0.3 is 24.1 Å². The van der Waals surface area contributed by atoms with Gasteiger partial charge in [-0.15, -0.1) is 0 Å². The number of aryl methyl sites for hydroxylation is 1. The summed E-state index contributed by atoms with van der Waals surface area (Å²) in [5.74, 6) is -1.54. The molecule has 0 saturated carbocycles. The summed E-state index contributed by atoms with van der Waals surface area (Å²) in [4.78, 5) is 45.3. The summed E-state index contributed by atoms with van der Waals surface area (Å²) in [7, 11) is 4.18. The van der Waals surface area contributed by atoms with Crippen LogP contribution in [0.4, 0.5) is 5.13 Å². The Hall–Kier alpha value is -5.16. The number of aliphatic hydroxyl groups excluding tert-OH is 1. The first kappa shape index (κ1) is 29.3. The summed E-state index contributed by atoms with van der Waals surface area (Å²) in [5, 5.41) is 11.6. The second-order valence-corrected chi connectivity index (χ2v) is 10.5. The molecule has 3 aromatic carbocycles. The average molecular weight is 601 g/mol. The summed E-state index contributed by atoms with van der Waals surface area (Å²) in [6.07, 6.45) is 0. The van der Waals surface area contributed by atoms with Crippen molar-refractivity contribution >= 4 is 39.9 Å². The molecule has 43 heavy (non-hydrogen) atoms. The van der Waals surface area contributed by atoms with E-state index in [1.807, 2.05) is 30.3 Å². The third kappa shape index (κ3) is 5.67. The number of methoxy groups -OCH3 is 3. The molecule has 1 aliphatic rings. The molecule has 1 amide bonds. The Morgan fingerprint density at radius 1 is 0.953 bits per heavy atom. The molecular weight excluding hydrogens is 572 g/mol. The number of hydrogen-bond donors (Lipinski definition) is 1. The highest BCUT2D eigenvalue weighted by Crippen LogP contribution is 2.47. The van der Waals surface area contributed by atoms with E-state index in [0.717, 1.165) is 21.8 Å². The molecule has 1 aromatic heterocycles. The Morgan fingerprint density at radius 2 is 1.65 bits per heavy atom. The number of nitrogens with zero attached hydrogens (tertiary/aromatic N) is 2. The van der Waals surface area contributed by atoms with E-state index in [9.17, 15) is 19.5 Å². The zero-order valence-electron chi connectivity index (χ0n) is 23.8. The average Bonchev–Trinajstić information content (AvgIpc) is 3.55. The predicted octanol–water partition coefficient (Wildman–Crippen LogP) is 5.46. The number of anilines is 1. The third-order valence-electron chi connectivity index (χ3n) is 6.91. The fourth-order valence-electron chi connectivity index (χ4n) is 4.75. The topological polar surface area (TPSA) is 124 Å². The van der Waals surface area contributed by atoms with Crippen LogP contribution in [0.5, 0.6) is 17.2 Å². The van der Waals surface area contributed by atoms with E-state index in [2.05, 4.69) is 4.98 Å². The molecule has 0 aliphatic carbocycles. The van der Waals surface area contributed by atoms with Crippen LogP contribution in [0.3, 0.4) is 0 Å². The molecule has 0 radical (unpaired) electrons. The van der Waals surface area contributed by atoms with E-state index >= 15 is 0 Å². The van der Waals surface area contributed by atoms with Crippen LogP contribution in [0, 0.1) is 6.92 Å². The van der Waals surface area contributed by atoms with Gasteiger partial charge in [0.1, 0.15) is 40.5 Å². The lowest BCUT2D eigenvalue weighted by molar-refractivity contribution is -0.132. The largest absolute Gasteiger partial charge is 0.507 e. The normalized spacial score (nSPS) is 15.8. The number of amides is 1. The Balaban J connectivity index is 1.61. The van der Waals surface area contributed by atoms with Crippen molar-refractivity contribution in [3.63, 3.8) is 0 Å². The van der Waals surface area contributed by atoms with Crippen molar-refractivity contribution in [2.24, 2.45) is 0 Å². The van der Waals surface area contributed by atoms with Crippen molar-refractivity contribution in [3.05, 3.63) is 106 Å². The summed E-state index contributed by atoms with van der Waals surface area (Å²) < 4.78 is 21.7. The number of esters is 1. The molecular formula is C32H28N2O8S. The fourth-order valence-corrected chi connectivity index (χ4v) is 5.76. The van der Waals surface area contributed by atoms with Crippen LogP contribution in [0.25, 0.3) is 5.76 Å². The Kier molecular flexibility index (Phi) is 8.44. The number of aromatic nitrogens is 1. The minimum atomic E-state index is -1.16. The number of carbonyl (C=O) groups is 3. The van der Waals surface area contributed by atoms with Gasteiger partial charge in [-0.05, 0) is 55.0 Å². The maximum absolute atomic E-state index is 13.6. The number of carbonyl (C=O) groups excluding carboxylic acids is 3. The minimum absolute atomic E-state index is 0.0820. The van der Waals surface area contributed by atoms with Crippen LogP contribution in [0.2, 0.25) is 0 Å². The molecule has 1 atom stereocenters. The fraction of sp³-hybridized carbons (Fsp3) is 0.188. The third-order valence-corrected chi connectivity index (χ3v) is 8.05. The molecule has 0 spiro atoms. The van der Waals surface area contributed by atoms with Crippen molar-refractivity contribution < 1.29 is 38.4 Å². The van der Waals surface area contributed by atoms with Crippen LogP contribution in [0.1, 0.15) is 38.1 Å². The van der Waals surface area contributed by atoms with Gasteiger partial charge in [0.25, 0.3) is 5.78 Å². The van der Waals surface area contributed by atoms with E-state index in [1.165, 1.54) is 21.3 Å². The summed E-state index contributed by atoms with van der Waals surface area (Å²) >= 11 is 0.907. The second-order valence-electron chi connectivity index (χ2n) is 9.48. The molecule has 1 aliphatic heterocycles. The van der Waals surface area contributed by atoms with Crippen LogP contribution in [-0.2, 0) is 20.9 Å². The van der Waals surface area contributed by atoms with E-state index in [0.29, 0.717) is 40.7 Å². The maximum atomic E-state index is 13.6. The van der Waals surface area contributed by atoms with Crippen molar-refractivity contribution in [2.75, 3.05) is 26.2 Å². The number of thiazole rings is 1. The SMILES string of the molecule is COC(=O)c1sc(N2C(=O)C(=O)/C(=C(/O)c3ccc(OCc4ccccc4)cc3)C2c2cc(OC)ccc2OC)nc1C. The highest BCUT2D eigenvalue weighted by molar-refractivity contribution is 7.17. The van der Waals surface area contributed by atoms with Gasteiger partial charge in [-0.2, -0.15) is 0 Å². The van der Waals surface area contributed by atoms with Crippen LogP contribution in [0.15, 0.2) is 78.4 Å². The first-order chi connectivity index (χ1) is 20.8. The molecule has 2 heterocycles. The van der Waals surface area contributed by atoms with Crippen LogP contribution in [-0.4, -0.2) is 49.1 Å². The molecule has 1 unspecified atom stereocenters. The van der Waals surface area contributed by atoms with Crippen molar-refractivity contribution in [1.29, 1.82) is 0 Å². The molecule has 220 valence electrons. The maximum Gasteiger partial charge on any atom is 0.350 e. The quantitative estimate of drug-likeness (QED) is 0.115. The number of Topliss-reactive ketones (excluding diaryl/α,β-unsaturated/α-hetero) is 1. The lowest BCUT2D eigenvalue weighted by atomic mass is 9.94. The molecule has 1 N–H and O–H groups in total. The molecule has 5 rings (SSSR count). The van der Waals surface area contributed by atoms with Crippen molar-refractivity contribution in [3.8, 4) is 17.2 Å². The summed E-state index contributed by atoms with van der Waals surface area (Å²) in [6, 6.07) is 20.0. The Bertz CT molecular complexity index is 1710. The molecule has 0 bridgehead atoms. The number of aliphatic hydroxyl groups is 1. The minimum Gasteiger partial charge on any atom is -0.507 e. The van der Waals surface area contributed by atoms with Crippen LogP contribution < -0.4 is 19.1 Å². The molecule has 11 heteroatoms. The first-order valence-corrected chi connectivity index (χ1v) is 13.9. The zero-order valence-corrected chi connectivity index (χ0v) is 24.6. The zero-order chi connectivity index (χ0) is 30.7. The van der Waals surface area contributed by atoms with Gasteiger partial charge in [-0.1, -0.05) is 41.7 Å². The first-order valence-electron chi connectivity index (χ1n) is 13.1. The second kappa shape index (κ2) is 12.4. The Morgan fingerprint density at radius 3 is 2.30 bits per heavy atom. The highest BCUT2D eigenvalue weighted by atomic mass is 32.1. The van der Waals surface area contributed by atoms with E-state index in [1.54, 1.807) is 49.4 Å². The molecule has 1 saturated heterocycles. The standard InChI is InChI=1S/C32H28N2O8S/c1-18-29(31(38)41-4)43-32(33-18)34-26(23-16-22(39-2)14-15-24(23)40-3)25(28(36)30(34)37)27(35)20-10-12-21(13-11-20)42-17-19-8-6-5-7-9-19/h5-16,26,35H,17H2,1-4H3/b27-25+. The van der Waals surface area contributed by atoms with Gasteiger partial charge in [0, 0.05) is 11.1 Å². The number of benzene rings is 3. The van der Waals surface area contributed by atoms with E-state index in [-0.39, 0.29) is 15.6 Å². The van der Waals surface area contributed by atoms with Gasteiger partial charge >= 0.3 is 11.9 Å². The lowest BCUT2D eigenvalue weighted by Gasteiger charge is -2.25. The number of hydrogen-bond acceptors (Lipinski definition) is 10. The van der Waals surface area contributed by atoms with Gasteiger partial charge in [0.15, 0.2) is 5.13 Å². The predicted molar refractivity (Wildman–Crippen MR) is 160 cm³/mol. The molecule has 1 fully saturated rings. The highest BCUT2D eigenvalue weighted by Gasteiger charge is 2.49. The van der Waals surface area contributed by atoms with Gasteiger partial charge in [-0.3, -0.25) is 14.5 Å². The molecule has 10 nitrogen and oxygen atoms in total. The van der Waals surface area contributed by atoms with Crippen molar-refractivity contribution in [2.45, 2.75) is 19.6 Å². The monoisotopic (exact) mass is 600 g/mol. The Labute approximate surface area is 251 Å². The van der Waals surface area contributed by atoms with Gasteiger partial charge in [0.05, 0.1) is 32.6 Å². The van der Waals surface area contributed by atoms with E-state index in [4.69, 9.17) is 18.9 Å². The number of ketones is 1. The summed E-state index contributed by atoms with van der Waals surface area (Å²) in [5.41, 5.74) is 1.81. The smallest absolute Gasteiger partial charge is 0.350 e. The lowest BCUT2D eigenvalue weighted by Crippen LogP contribution is -2.29. The number of ether oxygens (including phenoxy) is 4.